The van der Waals surface area contributed by atoms with E-state index in [9.17, 15) is 0 Å². The van der Waals surface area contributed by atoms with Crippen LogP contribution in [0, 0.1) is 6.92 Å². The molecule has 0 aliphatic rings. The number of nitrogens with two attached hydrogens (primary N) is 1. The van der Waals surface area contributed by atoms with Crippen LogP contribution < -0.4 is 15.8 Å². The number of anilines is 2. The monoisotopic (exact) mass is 261 g/mol. The Morgan fingerprint density at radius 2 is 2.11 bits per heavy atom. The lowest BCUT2D eigenvalue weighted by atomic mass is 10.3. The Balaban J connectivity index is 2.04. The average Bonchev–Trinajstić information content (AvgIpc) is 2.75. The van der Waals surface area contributed by atoms with Gasteiger partial charge in [0.15, 0.2) is 0 Å². The molecule has 3 N–H and O–H groups in total. The van der Waals surface area contributed by atoms with E-state index in [1.165, 1.54) is 0 Å². The van der Waals surface area contributed by atoms with Gasteiger partial charge in [0.25, 0.3) is 0 Å². The summed E-state index contributed by atoms with van der Waals surface area (Å²) in [6.07, 6.45) is 0.0396. The van der Waals surface area contributed by atoms with E-state index in [1.807, 2.05) is 39.0 Å². The summed E-state index contributed by atoms with van der Waals surface area (Å²) in [5.41, 5.74) is 6.35. The predicted octanol–water partition coefficient (Wildman–Crippen LogP) is 2.96. The smallest absolute Gasteiger partial charge is 0.239 e. The zero-order chi connectivity index (χ0) is 13.8. The van der Waals surface area contributed by atoms with Gasteiger partial charge < -0.3 is 20.2 Å². The molecule has 5 nitrogen and oxygen atoms in total. The van der Waals surface area contributed by atoms with Gasteiger partial charge in [-0.2, -0.15) is 4.98 Å². The molecule has 0 unspecified atom stereocenters. The summed E-state index contributed by atoms with van der Waals surface area (Å²) < 4.78 is 11.0. The van der Waals surface area contributed by atoms with Crippen molar-refractivity contribution in [1.82, 2.24) is 4.98 Å². The Morgan fingerprint density at radius 1 is 1.32 bits per heavy atom. The van der Waals surface area contributed by atoms with Crippen LogP contribution in [0.5, 0.6) is 5.88 Å². The van der Waals surface area contributed by atoms with E-state index in [0.717, 1.165) is 11.5 Å². The predicted molar refractivity (Wildman–Crippen MR) is 75.2 cm³/mol. The SMILES string of the molecule is Cc1ccc(CNc2ccc(N)c(OC(C)C)n2)o1. The lowest BCUT2D eigenvalue weighted by Crippen LogP contribution is -2.10. The van der Waals surface area contributed by atoms with Gasteiger partial charge in [-0.25, -0.2) is 0 Å². The van der Waals surface area contributed by atoms with Crippen LogP contribution in [0.2, 0.25) is 0 Å². The molecule has 2 aromatic rings. The second-order valence-corrected chi connectivity index (χ2v) is 4.62. The van der Waals surface area contributed by atoms with Crippen molar-refractivity contribution in [3.8, 4) is 5.88 Å². The molecule has 102 valence electrons. The van der Waals surface area contributed by atoms with Crippen LogP contribution in [-0.2, 0) is 6.54 Å². The number of nitrogen functional groups attached to an aromatic ring is 1. The normalized spacial score (nSPS) is 10.7. The Labute approximate surface area is 112 Å². The number of aromatic nitrogens is 1. The zero-order valence-electron chi connectivity index (χ0n) is 11.4. The molecule has 0 amide bonds. The molecule has 19 heavy (non-hydrogen) atoms. The number of rotatable bonds is 5. The Morgan fingerprint density at radius 3 is 2.74 bits per heavy atom. The third kappa shape index (κ3) is 3.64. The second-order valence-electron chi connectivity index (χ2n) is 4.62. The van der Waals surface area contributed by atoms with Gasteiger partial charge in [0.2, 0.25) is 5.88 Å². The maximum atomic E-state index is 5.81. The first-order chi connectivity index (χ1) is 9.04. The molecule has 5 heteroatoms. The van der Waals surface area contributed by atoms with Crippen LogP contribution >= 0.6 is 0 Å². The van der Waals surface area contributed by atoms with Gasteiger partial charge >= 0.3 is 0 Å². The molecule has 0 radical (unpaired) electrons. The number of nitrogens with one attached hydrogen (secondary N) is 1. The number of hydrogen-bond acceptors (Lipinski definition) is 5. The highest BCUT2D eigenvalue weighted by molar-refractivity contribution is 5.53. The van der Waals surface area contributed by atoms with Gasteiger partial charge in [0.05, 0.1) is 18.3 Å². The molecule has 0 bridgehead atoms. The quantitative estimate of drug-likeness (QED) is 0.865. The zero-order valence-corrected chi connectivity index (χ0v) is 11.4. The van der Waals surface area contributed by atoms with Gasteiger partial charge in [-0.3, -0.25) is 0 Å². The minimum atomic E-state index is 0.0396. The molecule has 0 spiro atoms. The van der Waals surface area contributed by atoms with Crippen LogP contribution in [0.15, 0.2) is 28.7 Å². The van der Waals surface area contributed by atoms with E-state index in [-0.39, 0.29) is 6.10 Å². The topological polar surface area (TPSA) is 73.3 Å². The van der Waals surface area contributed by atoms with Gasteiger partial charge in [-0.1, -0.05) is 0 Å². The first-order valence-corrected chi connectivity index (χ1v) is 6.27. The molecule has 0 aromatic carbocycles. The van der Waals surface area contributed by atoms with E-state index in [4.69, 9.17) is 14.9 Å². The van der Waals surface area contributed by atoms with Crippen molar-refractivity contribution in [2.75, 3.05) is 11.1 Å². The van der Waals surface area contributed by atoms with Crippen molar-refractivity contribution in [1.29, 1.82) is 0 Å². The van der Waals surface area contributed by atoms with E-state index in [0.29, 0.717) is 23.9 Å². The molecule has 0 atom stereocenters. The lowest BCUT2D eigenvalue weighted by molar-refractivity contribution is 0.234. The summed E-state index contributed by atoms with van der Waals surface area (Å²) in [4.78, 5) is 4.33. The van der Waals surface area contributed by atoms with Crippen molar-refractivity contribution in [2.24, 2.45) is 0 Å². The summed E-state index contributed by atoms with van der Waals surface area (Å²) in [6, 6.07) is 7.46. The number of ether oxygens (including phenoxy) is 1. The fourth-order valence-corrected chi connectivity index (χ4v) is 1.63. The molecular formula is C14H19N3O2. The largest absolute Gasteiger partial charge is 0.473 e. The average molecular weight is 261 g/mol. The minimum Gasteiger partial charge on any atom is -0.473 e. The van der Waals surface area contributed by atoms with Crippen LogP contribution in [0.25, 0.3) is 0 Å². The van der Waals surface area contributed by atoms with Gasteiger partial charge in [-0.15, -0.1) is 0 Å². The van der Waals surface area contributed by atoms with Crippen molar-refractivity contribution < 1.29 is 9.15 Å². The van der Waals surface area contributed by atoms with E-state index < -0.39 is 0 Å². The molecule has 0 fully saturated rings. The van der Waals surface area contributed by atoms with Crippen molar-refractivity contribution >= 4 is 11.5 Å². The maximum Gasteiger partial charge on any atom is 0.239 e. The van der Waals surface area contributed by atoms with Crippen LogP contribution in [0.1, 0.15) is 25.4 Å². The third-order valence-electron chi connectivity index (χ3n) is 2.48. The number of pyridine rings is 1. The lowest BCUT2D eigenvalue weighted by Gasteiger charge is -2.12. The summed E-state index contributed by atoms with van der Waals surface area (Å²) in [7, 11) is 0. The van der Waals surface area contributed by atoms with E-state index in [2.05, 4.69) is 10.3 Å². The highest BCUT2D eigenvalue weighted by Gasteiger charge is 2.07. The van der Waals surface area contributed by atoms with Crippen LogP contribution in [-0.4, -0.2) is 11.1 Å². The molecule has 2 aromatic heterocycles. The first-order valence-electron chi connectivity index (χ1n) is 6.27. The molecular weight excluding hydrogens is 242 g/mol. The summed E-state index contributed by atoms with van der Waals surface area (Å²) in [5.74, 6) is 2.92. The van der Waals surface area contributed by atoms with Gasteiger partial charge in [0, 0.05) is 0 Å². The first kappa shape index (κ1) is 13.3. The summed E-state index contributed by atoms with van der Waals surface area (Å²) in [5, 5.41) is 3.17. The minimum absolute atomic E-state index is 0.0396. The molecule has 2 heterocycles. The highest BCUT2D eigenvalue weighted by Crippen LogP contribution is 2.22. The standard InChI is InChI=1S/C14H19N3O2/c1-9(2)18-14-12(15)6-7-13(17-14)16-8-11-5-4-10(3)19-11/h4-7,9H,8,15H2,1-3H3,(H,16,17). The van der Waals surface area contributed by atoms with Crippen LogP contribution in [0.4, 0.5) is 11.5 Å². The Kier molecular flexibility index (Phi) is 3.94. The Bertz CT molecular complexity index is 549. The molecule has 0 aliphatic carbocycles. The van der Waals surface area contributed by atoms with E-state index >= 15 is 0 Å². The fraction of sp³-hybridized carbons (Fsp3) is 0.357. The molecule has 0 saturated heterocycles. The fourth-order valence-electron chi connectivity index (χ4n) is 1.63. The molecule has 0 aliphatic heterocycles. The maximum absolute atomic E-state index is 5.81. The van der Waals surface area contributed by atoms with Crippen molar-refractivity contribution in [2.45, 2.75) is 33.4 Å². The number of furan rings is 1. The number of hydrogen-bond donors (Lipinski definition) is 2. The van der Waals surface area contributed by atoms with Gasteiger partial charge in [-0.05, 0) is 45.0 Å². The summed E-state index contributed by atoms with van der Waals surface area (Å²) in [6.45, 7) is 6.37. The molecule has 0 saturated carbocycles. The third-order valence-corrected chi connectivity index (χ3v) is 2.48. The van der Waals surface area contributed by atoms with Crippen molar-refractivity contribution in [3.63, 3.8) is 0 Å². The second kappa shape index (κ2) is 5.65. The van der Waals surface area contributed by atoms with Gasteiger partial charge in [0.1, 0.15) is 17.3 Å². The number of aryl methyl sites for hydroxylation is 1. The number of nitrogens with zero attached hydrogens (tertiary/aromatic N) is 1. The highest BCUT2D eigenvalue weighted by atomic mass is 16.5. The Hall–Kier alpha value is -2.17. The molecule has 2 rings (SSSR count). The van der Waals surface area contributed by atoms with Crippen molar-refractivity contribution in [3.05, 3.63) is 35.8 Å². The van der Waals surface area contributed by atoms with E-state index in [1.54, 1.807) is 6.07 Å². The van der Waals surface area contributed by atoms with Crippen LogP contribution in [0.3, 0.4) is 0 Å². The summed E-state index contributed by atoms with van der Waals surface area (Å²) >= 11 is 0.